The molecule has 0 aliphatic rings. The number of aromatic nitrogens is 2. The van der Waals surface area contributed by atoms with E-state index in [4.69, 9.17) is 4.74 Å². The van der Waals surface area contributed by atoms with Crippen LogP contribution in [0.3, 0.4) is 0 Å². The molecule has 292 valence electrons. The van der Waals surface area contributed by atoms with Gasteiger partial charge in [-0.2, -0.15) is 0 Å². The smallest absolute Gasteiger partial charge is 0.429 e. The number of nitrogens with one attached hydrogen (secondary N) is 4. The molecule has 0 aliphatic carbocycles. The third kappa shape index (κ3) is 15.9. The van der Waals surface area contributed by atoms with Gasteiger partial charge in [0.1, 0.15) is 17.7 Å². The highest BCUT2D eigenvalue weighted by molar-refractivity contribution is 7.09. The van der Waals surface area contributed by atoms with Crippen LogP contribution in [0.5, 0.6) is 0 Å². The van der Waals surface area contributed by atoms with Crippen LogP contribution in [0.4, 0.5) is 4.79 Å². The fraction of sp³-hybridized carbons (Fsp3) is 0.694. The molecule has 14 nitrogen and oxygen atoms in total. The zero-order chi connectivity index (χ0) is 39.1. The van der Waals surface area contributed by atoms with Crippen molar-refractivity contribution in [1.29, 1.82) is 0 Å². The Hall–Kier alpha value is -3.63. The second-order valence-corrected chi connectivity index (χ2v) is 16.6. The van der Waals surface area contributed by atoms with Crippen molar-refractivity contribution in [3.05, 3.63) is 32.2 Å². The number of thiazole rings is 2. The Balaban J connectivity index is 2.07. The highest BCUT2D eigenvalue weighted by Gasteiger charge is 2.31. The minimum absolute atomic E-state index is 0.0448. The topological polar surface area (TPSA) is 192 Å². The van der Waals surface area contributed by atoms with Gasteiger partial charge in [-0.3, -0.25) is 24.6 Å². The van der Waals surface area contributed by atoms with Crippen LogP contribution < -0.4 is 21.4 Å². The molecule has 0 aliphatic heterocycles. The van der Waals surface area contributed by atoms with Gasteiger partial charge in [0.05, 0.1) is 23.7 Å². The second kappa shape index (κ2) is 21.8. The first-order valence-electron chi connectivity index (χ1n) is 18.0. The molecule has 2 aromatic rings. The molecule has 2 rings (SSSR count). The summed E-state index contributed by atoms with van der Waals surface area (Å²) >= 11 is 2.79. The molecule has 0 aromatic carbocycles. The summed E-state index contributed by atoms with van der Waals surface area (Å²) in [5.74, 6) is -2.49. The molecule has 0 bridgehead atoms. The van der Waals surface area contributed by atoms with E-state index in [1.54, 1.807) is 13.8 Å². The summed E-state index contributed by atoms with van der Waals surface area (Å²) in [6.07, 6.45) is -1.27. The van der Waals surface area contributed by atoms with E-state index in [1.165, 1.54) is 22.7 Å². The van der Waals surface area contributed by atoms with E-state index in [9.17, 15) is 29.1 Å². The molecule has 52 heavy (non-hydrogen) atoms. The van der Waals surface area contributed by atoms with Gasteiger partial charge in [-0.05, 0) is 44.4 Å². The second-order valence-electron chi connectivity index (χ2n) is 14.7. The van der Waals surface area contributed by atoms with Gasteiger partial charge in [0.15, 0.2) is 0 Å². The molecule has 5 unspecified atom stereocenters. The van der Waals surface area contributed by atoms with Gasteiger partial charge in [-0.25, -0.2) is 19.8 Å². The van der Waals surface area contributed by atoms with Crippen molar-refractivity contribution in [2.24, 2.45) is 29.6 Å². The predicted octanol–water partition coefficient (Wildman–Crippen LogP) is 4.29. The summed E-state index contributed by atoms with van der Waals surface area (Å²) in [5, 5.41) is 25.9. The van der Waals surface area contributed by atoms with Crippen molar-refractivity contribution in [3.8, 4) is 0 Å². The van der Waals surface area contributed by atoms with Crippen LogP contribution in [0.1, 0.15) is 96.1 Å². The largest absolute Gasteiger partial charge is 0.441 e. The zero-order valence-corrected chi connectivity index (χ0v) is 33.9. The molecular formula is C36H59N7O7S2. The van der Waals surface area contributed by atoms with Crippen LogP contribution >= 0.6 is 22.7 Å². The number of aryl methyl sites for hydroxylation is 2. The lowest BCUT2D eigenvalue weighted by Gasteiger charge is -2.29. The number of aliphatic hydroxyl groups excluding tert-OH is 1. The molecule has 5 amide bonds. The Morgan fingerprint density at radius 1 is 0.808 bits per heavy atom. The maximum atomic E-state index is 13.3. The summed E-state index contributed by atoms with van der Waals surface area (Å²) in [7, 11) is 0. The van der Waals surface area contributed by atoms with E-state index in [-0.39, 0.29) is 55.6 Å². The van der Waals surface area contributed by atoms with Crippen molar-refractivity contribution in [1.82, 2.24) is 36.4 Å². The van der Waals surface area contributed by atoms with Crippen molar-refractivity contribution in [2.45, 2.75) is 120 Å². The number of carbonyl (C=O) groups excluding carboxylic acids is 5. The van der Waals surface area contributed by atoms with E-state index in [1.807, 2.05) is 66.2 Å². The summed E-state index contributed by atoms with van der Waals surface area (Å²) in [6.45, 7) is 18.9. The monoisotopic (exact) mass is 765 g/mol. The standard InChI is InChI=1S/C36H59N7O7S2/c1-20(2)13-27(28(44)14-23(7)33(46)41-32(22(5)6)35(48)37-16-21(3)4)40-29(45)11-12-43(36(49)50-17-31-39-26(10)19-52-31)42-34(47)24(8)15-30-38-25(9)18-51-30/h18-24,27-28,32,44H,11-17H2,1-10H3,(H,37,48)(H,40,45)(H,41,46)(H,42,47). The molecule has 0 spiro atoms. The number of amides is 5. The summed E-state index contributed by atoms with van der Waals surface area (Å²) in [5.41, 5.74) is 4.26. The minimum Gasteiger partial charge on any atom is -0.441 e. The van der Waals surface area contributed by atoms with Crippen LogP contribution in [0.15, 0.2) is 10.8 Å². The molecule has 16 heteroatoms. The van der Waals surface area contributed by atoms with Crippen LogP contribution in [0.25, 0.3) is 0 Å². The first-order chi connectivity index (χ1) is 24.4. The number of nitrogens with zero attached hydrogens (tertiary/aromatic N) is 3. The highest BCUT2D eigenvalue weighted by atomic mass is 32.1. The number of aliphatic hydroxyl groups is 1. The average Bonchev–Trinajstić information content (AvgIpc) is 3.68. The Bertz CT molecular complexity index is 1460. The highest BCUT2D eigenvalue weighted by Crippen LogP contribution is 2.18. The molecule has 0 radical (unpaired) electrons. The maximum absolute atomic E-state index is 13.3. The molecule has 5 atom stereocenters. The van der Waals surface area contributed by atoms with E-state index < -0.39 is 47.9 Å². The van der Waals surface area contributed by atoms with Gasteiger partial charge in [0.25, 0.3) is 0 Å². The number of ether oxygens (including phenoxy) is 1. The van der Waals surface area contributed by atoms with Crippen molar-refractivity contribution in [3.63, 3.8) is 0 Å². The molecule has 0 saturated carbocycles. The third-order valence-electron chi connectivity index (χ3n) is 8.12. The molecule has 0 saturated heterocycles. The zero-order valence-electron chi connectivity index (χ0n) is 32.3. The molecule has 2 aromatic heterocycles. The summed E-state index contributed by atoms with van der Waals surface area (Å²) in [4.78, 5) is 74.2. The van der Waals surface area contributed by atoms with E-state index >= 15 is 0 Å². The average molecular weight is 766 g/mol. The Morgan fingerprint density at radius 2 is 1.42 bits per heavy atom. The Morgan fingerprint density at radius 3 is 1.96 bits per heavy atom. The number of rotatable bonds is 20. The fourth-order valence-corrected chi connectivity index (χ4v) is 6.73. The molecule has 0 fully saturated rings. The van der Waals surface area contributed by atoms with Crippen molar-refractivity contribution < 1.29 is 33.8 Å². The normalized spacial score (nSPS) is 14.3. The Labute approximate surface area is 316 Å². The maximum Gasteiger partial charge on any atom is 0.429 e. The predicted molar refractivity (Wildman–Crippen MR) is 202 cm³/mol. The lowest BCUT2D eigenvalue weighted by atomic mass is 9.92. The van der Waals surface area contributed by atoms with E-state index in [2.05, 4.69) is 31.3 Å². The molecule has 2 heterocycles. The lowest BCUT2D eigenvalue weighted by molar-refractivity contribution is -0.132. The number of hydrazine groups is 1. The van der Waals surface area contributed by atoms with E-state index in [0.29, 0.717) is 24.4 Å². The van der Waals surface area contributed by atoms with E-state index in [0.717, 1.165) is 21.4 Å². The van der Waals surface area contributed by atoms with Crippen LogP contribution in [0, 0.1) is 43.4 Å². The van der Waals surface area contributed by atoms with Gasteiger partial charge in [0.2, 0.25) is 23.6 Å². The first-order valence-corrected chi connectivity index (χ1v) is 19.7. The molecular weight excluding hydrogens is 707 g/mol. The van der Waals surface area contributed by atoms with Gasteiger partial charge in [-0.1, -0.05) is 55.4 Å². The van der Waals surface area contributed by atoms with Crippen LogP contribution in [-0.4, -0.2) is 81.1 Å². The summed E-state index contributed by atoms with van der Waals surface area (Å²) < 4.78 is 5.43. The number of hydrogen-bond acceptors (Lipinski definition) is 11. The fourth-order valence-electron chi connectivity index (χ4n) is 5.15. The van der Waals surface area contributed by atoms with Gasteiger partial charge in [0, 0.05) is 53.4 Å². The van der Waals surface area contributed by atoms with Crippen LogP contribution in [0.2, 0.25) is 0 Å². The van der Waals surface area contributed by atoms with Crippen molar-refractivity contribution >= 4 is 52.4 Å². The van der Waals surface area contributed by atoms with Gasteiger partial charge >= 0.3 is 6.09 Å². The summed E-state index contributed by atoms with van der Waals surface area (Å²) in [6, 6.07) is -1.42. The van der Waals surface area contributed by atoms with Crippen LogP contribution in [-0.2, 0) is 36.9 Å². The quantitative estimate of drug-likeness (QED) is 0.122. The van der Waals surface area contributed by atoms with Gasteiger partial charge < -0.3 is 25.8 Å². The number of hydrogen-bond donors (Lipinski definition) is 5. The lowest BCUT2D eigenvalue weighted by Crippen LogP contribution is -2.52. The third-order valence-corrected chi connectivity index (χ3v) is 10.0. The molecule has 5 N–H and O–H groups in total. The van der Waals surface area contributed by atoms with Crippen molar-refractivity contribution in [2.75, 3.05) is 13.1 Å². The van der Waals surface area contributed by atoms with Gasteiger partial charge in [-0.15, -0.1) is 22.7 Å². The Kier molecular flexibility index (Phi) is 18.7. The SMILES string of the molecule is Cc1csc(COC(=O)N(CCC(=O)NC(CC(C)C)C(O)CC(C)C(=O)NC(C(=O)NCC(C)C)C(C)C)NC(=O)C(C)Cc2nc(C)cs2)n1. The number of carbonyl (C=O) groups is 5. The first kappa shape index (κ1) is 44.5. The minimum atomic E-state index is -1.07.